The minimum absolute atomic E-state index is 0.184. The summed E-state index contributed by atoms with van der Waals surface area (Å²) in [5.74, 6) is -0.0795. The summed E-state index contributed by atoms with van der Waals surface area (Å²) in [6, 6.07) is 16.8. The summed E-state index contributed by atoms with van der Waals surface area (Å²) < 4.78 is 0. The lowest BCUT2D eigenvalue weighted by molar-refractivity contribution is -0.136. The minimum Gasteiger partial charge on any atom is -0.481 e. The first-order valence-corrected chi connectivity index (χ1v) is 7.44. The summed E-state index contributed by atoms with van der Waals surface area (Å²) in [7, 11) is 0. The molecule has 2 rings (SSSR count). The zero-order chi connectivity index (χ0) is 15.2. The van der Waals surface area contributed by atoms with E-state index in [1.54, 1.807) is 0 Å². The normalized spacial score (nSPS) is 10.8. The molecule has 21 heavy (non-hydrogen) atoms. The van der Waals surface area contributed by atoms with E-state index < -0.39 is 5.97 Å². The monoisotopic (exact) mass is 282 g/mol. The molecular weight excluding hydrogens is 260 g/mol. The van der Waals surface area contributed by atoms with Gasteiger partial charge in [0.2, 0.25) is 0 Å². The van der Waals surface area contributed by atoms with Crippen LogP contribution in [0.2, 0.25) is 0 Å². The van der Waals surface area contributed by atoms with Gasteiger partial charge in [-0.2, -0.15) is 0 Å². The van der Waals surface area contributed by atoms with Gasteiger partial charge in [0.1, 0.15) is 0 Å². The number of aliphatic carboxylic acids is 1. The molecule has 2 aromatic carbocycles. The molecule has 0 saturated carbocycles. The van der Waals surface area contributed by atoms with E-state index in [-0.39, 0.29) is 6.42 Å². The van der Waals surface area contributed by atoms with Crippen LogP contribution in [0.4, 0.5) is 0 Å². The molecule has 0 aliphatic heterocycles. The average molecular weight is 282 g/mol. The fourth-order valence-electron chi connectivity index (χ4n) is 2.42. The van der Waals surface area contributed by atoms with E-state index in [4.69, 9.17) is 5.11 Å². The second kappa shape index (κ2) is 7.07. The number of carboxylic acid groups (broad SMARTS) is 1. The molecule has 2 aromatic rings. The molecule has 0 aromatic heterocycles. The van der Waals surface area contributed by atoms with Crippen LogP contribution < -0.4 is 0 Å². The van der Waals surface area contributed by atoms with Crippen molar-refractivity contribution in [2.75, 3.05) is 0 Å². The Morgan fingerprint density at radius 2 is 1.38 bits per heavy atom. The van der Waals surface area contributed by atoms with Gasteiger partial charge in [0.15, 0.2) is 0 Å². The molecule has 0 fully saturated rings. The van der Waals surface area contributed by atoms with Crippen LogP contribution in [0.1, 0.15) is 31.4 Å². The van der Waals surface area contributed by atoms with E-state index in [1.165, 1.54) is 16.7 Å². The maximum absolute atomic E-state index is 10.6. The van der Waals surface area contributed by atoms with E-state index >= 15 is 0 Å². The minimum atomic E-state index is -0.750. The largest absolute Gasteiger partial charge is 0.481 e. The van der Waals surface area contributed by atoms with Crippen molar-refractivity contribution in [1.29, 1.82) is 0 Å². The Labute approximate surface area is 126 Å². The number of rotatable bonds is 6. The predicted molar refractivity (Wildman–Crippen MR) is 86.4 cm³/mol. The van der Waals surface area contributed by atoms with Gasteiger partial charge in [0.05, 0.1) is 0 Å². The van der Waals surface area contributed by atoms with Crippen LogP contribution in [0.15, 0.2) is 48.5 Å². The third kappa shape index (κ3) is 4.75. The molecule has 1 N–H and O–H groups in total. The van der Waals surface area contributed by atoms with Gasteiger partial charge >= 0.3 is 5.97 Å². The van der Waals surface area contributed by atoms with Crippen molar-refractivity contribution in [2.24, 2.45) is 5.92 Å². The molecule has 0 bridgehead atoms. The van der Waals surface area contributed by atoms with E-state index in [0.29, 0.717) is 12.3 Å². The summed E-state index contributed by atoms with van der Waals surface area (Å²) in [6.07, 6.45) is 1.88. The first kappa shape index (κ1) is 15.3. The summed E-state index contributed by atoms with van der Waals surface area (Å²) in [6.45, 7) is 4.45. The highest BCUT2D eigenvalue weighted by Crippen LogP contribution is 2.21. The van der Waals surface area contributed by atoms with Crippen molar-refractivity contribution >= 4 is 5.97 Å². The first-order chi connectivity index (χ1) is 10.0. The number of aryl methyl sites for hydroxylation is 1. The maximum atomic E-state index is 10.6. The van der Waals surface area contributed by atoms with Crippen LogP contribution >= 0.6 is 0 Å². The highest BCUT2D eigenvalue weighted by Gasteiger charge is 2.02. The third-order valence-corrected chi connectivity index (χ3v) is 3.51. The maximum Gasteiger partial charge on any atom is 0.303 e. The van der Waals surface area contributed by atoms with Crippen LogP contribution in [0, 0.1) is 5.92 Å². The van der Waals surface area contributed by atoms with Crippen LogP contribution in [-0.4, -0.2) is 11.1 Å². The Morgan fingerprint density at radius 3 is 1.81 bits per heavy atom. The molecule has 2 heteroatoms. The van der Waals surface area contributed by atoms with Crippen molar-refractivity contribution < 1.29 is 9.90 Å². The summed E-state index contributed by atoms with van der Waals surface area (Å²) in [5, 5.41) is 8.70. The van der Waals surface area contributed by atoms with Gasteiger partial charge in [0, 0.05) is 6.42 Å². The molecule has 0 saturated heterocycles. The van der Waals surface area contributed by atoms with Crippen LogP contribution in [0.5, 0.6) is 0 Å². The first-order valence-electron chi connectivity index (χ1n) is 7.44. The smallest absolute Gasteiger partial charge is 0.303 e. The van der Waals surface area contributed by atoms with Gasteiger partial charge in [-0.3, -0.25) is 4.79 Å². The molecule has 0 aliphatic carbocycles. The number of carboxylic acids is 1. The average Bonchev–Trinajstić information content (AvgIpc) is 2.46. The molecule has 0 unspecified atom stereocenters. The summed E-state index contributed by atoms with van der Waals surface area (Å²) >= 11 is 0. The lowest BCUT2D eigenvalue weighted by atomic mass is 9.98. The Bertz CT molecular complexity index is 580. The van der Waals surface area contributed by atoms with Gasteiger partial charge in [-0.15, -0.1) is 0 Å². The molecule has 0 aliphatic rings. The van der Waals surface area contributed by atoms with Crippen molar-refractivity contribution in [3.05, 3.63) is 59.7 Å². The van der Waals surface area contributed by atoms with E-state index in [1.807, 2.05) is 12.1 Å². The molecule has 0 spiro atoms. The third-order valence-electron chi connectivity index (χ3n) is 3.51. The van der Waals surface area contributed by atoms with Gasteiger partial charge < -0.3 is 5.11 Å². The molecule has 0 heterocycles. The second-order valence-corrected chi connectivity index (χ2v) is 5.89. The highest BCUT2D eigenvalue weighted by atomic mass is 16.4. The molecule has 110 valence electrons. The summed E-state index contributed by atoms with van der Waals surface area (Å²) in [4.78, 5) is 10.6. The Hall–Kier alpha value is -2.09. The summed E-state index contributed by atoms with van der Waals surface area (Å²) in [5.41, 5.74) is 4.81. The highest BCUT2D eigenvalue weighted by molar-refractivity contribution is 5.67. The second-order valence-electron chi connectivity index (χ2n) is 5.89. The fraction of sp³-hybridized carbons (Fsp3) is 0.316. The molecule has 0 amide bonds. The predicted octanol–water partition coefficient (Wildman–Crippen LogP) is 4.57. The van der Waals surface area contributed by atoms with Gasteiger partial charge in [-0.05, 0) is 41.0 Å². The number of benzene rings is 2. The van der Waals surface area contributed by atoms with E-state index in [0.717, 1.165) is 12.0 Å². The lowest BCUT2D eigenvalue weighted by Gasteiger charge is -2.07. The topological polar surface area (TPSA) is 37.3 Å². The SMILES string of the molecule is CC(C)Cc1ccc(-c2ccc(CCC(=O)O)cc2)cc1. The Balaban J connectivity index is 2.06. The van der Waals surface area contributed by atoms with Crippen molar-refractivity contribution in [1.82, 2.24) is 0 Å². The van der Waals surface area contributed by atoms with Crippen LogP contribution in [0.3, 0.4) is 0 Å². The van der Waals surface area contributed by atoms with Crippen LogP contribution in [-0.2, 0) is 17.6 Å². The fourth-order valence-corrected chi connectivity index (χ4v) is 2.42. The molecule has 2 nitrogen and oxygen atoms in total. The van der Waals surface area contributed by atoms with Crippen molar-refractivity contribution in [3.8, 4) is 11.1 Å². The van der Waals surface area contributed by atoms with Crippen molar-refractivity contribution in [3.63, 3.8) is 0 Å². The van der Waals surface area contributed by atoms with Crippen LogP contribution in [0.25, 0.3) is 11.1 Å². The van der Waals surface area contributed by atoms with E-state index in [2.05, 4.69) is 50.2 Å². The molecular formula is C19H22O2. The quantitative estimate of drug-likeness (QED) is 0.842. The zero-order valence-electron chi connectivity index (χ0n) is 12.7. The standard InChI is InChI=1S/C19H22O2/c1-14(2)13-16-5-10-18(11-6-16)17-8-3-15(4-9-17)7-12-19(20)21/h3-6,8-11,14H,7,12-13H2,1-2H3,(H,20,21). The van der Waals surface area contributed by atoms with Gasteiger partial charge in [-0.25, -0.2) is 0 Å². The van der Waals surface area contributed by atoms with Gasteiger partial charge in [0.25, 0.3) is 0 Å². The zero-order valence-corrected chi connectivity index (χ0v) is 12.7. The van der Waals surface area contributed by atoms with Crippen molar-refractivity contribution in [2.45, 2.75) is 33.1 Å². The molecule has 0 radical (unpaired) electrons. The number of hydrogen-bond acceptors (Lipinski definition) is 1. The Morgan fingerprint density at radius 1 is 0.905 bits per heavy atom. The Kier molecular flexibility index (Phi) is 5.15. The number of hydrogen-bond donors (Lipinski definition) is 1. The lowest BCUT2D eigenvalue weighted by Crippen LogP contribution is -1.97. The number of carbonyl (C=O) groups is 1. The molecule has 0 atom stereocenters. The van der Waals surface area contributed by atoms with Gasteiger partial charge in [-0.1, -0.05) is 62.4 Å². The van der Waals surface area contributed by atoms with E-state index in [9.17, 15) is 4.79 Å².